The Bertz CT molecular complexity index is 551. The Kier molecular flexibility index (Phi) is 5.45. The fourth-order valence-electron chi connectivity index (χ4n) is 2.23. The molecule has 0 saturated carbocycles. The average Bonchev–Trinajstić information content (AvgIpc) is 2.45. The van der Waals surface area contributed by atoms with Crippen LogP contribution in [0.3, 0.4) is 0 Å². The Morgan fingerprint density at radius 1 is 1.48 bits per heavy atom. The van der Waals surface area contributed by atoms with Gasteiger partial charge in [0.15, 0.2) is 0 Å². The van der Waals surface area contributed by atoms with E-state index in [0.29, 0.717) is 35.4 Å². The van der Waals surface area contributed by atoms with Crippen LogP contribution in [0.1, 0.15) is 13.3 Å². The molecule has 0 spiro atoms. The van der Waals surface area contributed by atoms with Gasteiger partial charge in [-0.25, -0.2) is 0 Å². The fourth-order valence-corrected chi connectivity index (χ4v) is 2.56. The highest BCUT2D eigenvalue weighted by molar-refractivity contribution is 6.35. The molecule has 1 aliphatic rings. The number of ether oxygens (including phenoxy) is 1. The van der Waals surface area contributed by atoms with Gasteiger partial charge in [-0.1, -0.05) is 30.1 Å². The Balaban J connectivity index is 2.03. The summed E-state index contributed by atoms with van der Waals surface area (Å²) >= 11 is 11.9. The molecule has 1 aliphatic heterocycles. The first-order chi connectivity index (χ1) is 10.0. The summed E-state index contributed by atoms with van der Waals surface area (Å²) in [6.07, 6.45) is 0.0233. The number of hydrogen-bond donors (Lipinski definition) is 1. The molecule has 0 radical (unpaired) electrons. The van der Waals surface area contributed by atoms with Crippen molar-refractivity contribution < 1.29 is 14.3 Å². The monoisotopic (exact) mass is 330 g/mol. The average molecular weight is 331 g/mol. The highest BCUT2D eigenvalue weighted by Crippen LogP contribution is 2.25. The zero-order valence-electron chi connectivity index (χ0n) is 11.6. The van der Waals surface area contributed by atoms with Gasteiger partial charge in [-0.3, -0.25) is 14.5 Å². The van der Waals surface area contributed by atoms with Crippen LogP contribution in [0.15, 0.2) is 18.2 Å². The number of rotatable bonds is 4. The number of cyclic esters (lactones) is 1. The summed E-state index contributed by atoms with van der Waals surface area (Å²) < 4.78 is 5.01. The van der Waals surface area contributed by atoms with Crippen molar-refractivity contribution in [3.63, 3.8) is 0 Å². The number of amides is 1. The lowest BCUT2D eigenvalue weighted by Gasteiger charge is -2.32. The number of likely N-dealkylation sites (N-methyl/N-ethyl adjacent to an activating group) is 1. The van der Waals surface area contributed by atoms with E-state index in [2.05, 4.69) is 5.32 Å². The summed E-state index contributed by atoms with van der Waals surface area (Å²) in [7, 11) is 0. The van der Waals surface area contributed by atoms with E-state index in [1.54, 1.807) is 18.2 Å². The minimum atomic E-state index is -0.554. The standard InChI is InChI=1S/C14H16Cl2N2O3/c1-2-18-5-6-21-14(20)12(18)8-13(19)17-11-7-9(15)3-4-10(11)16/h3-4,7,12H,2,5-6,8H2,1H3,(H,17,19)/t12-/m0/s1. The number of nitrogens with one attached hydrogen (secondary N) is 1. The fraction of sp³-hybridized carbons (Fsp3) is 0.429. The Labute approximate surface area is 133 Å². The van der Waals surface area contributed by atoms with Gasteiger partial charge in [0.25, 0.3) is 0 Å². The van der Waals surface area contributed by atoms with Crippen LogP contribution in [0, 0.1) is 0 Å². The molecule has 21 heavy (non-hydrogen) atoms. The SMILES string of the molecule is CCN1CCOC(=O)[C@@H]1CC(=O)Nc1cc(Cl)ccc1Cl. The molecule has 0 aromatic heterocycles. The zero-order valence-corrected chi connectivity index (χ0v) is 13.1. The molecule has 5 nitrogen and oxygen atoms in total. The molecule has 0 aliphatic carbocycles. The van der Waals surface area contributed by atoms with E-state index >= 15 is 0 Å². The van der Waals surface area contributed by atoms with Gasteiger partial charge < -0.3 is 10.1 Å². The van der Waals surface area contributed by atoms with E-state index in [9.17, 15) is 9.59 Å². The Morgan fingerprint density at radius 2 is 2.24 bits per heavy atom. The smallest absolute Gasteiger partial charge is 0.323 e. The number of halogens is 2. The highest BCUT2D eigenvalue weighted by atomic mass is 35.5. The van der Waals surface area contributed by atoms with E-state index in [-0.39, 0.29) is 18.3 Å². The summed E-state index contributed by atoms with van der Waals surface area (Å²) in [5, 5.41) is 3.54. The van der Waals surface area contributed by atoms with Crippen molar-refractivity contribution >= 4 is 40.8 Å². The Hall–Kier alpha value is -1.30. The molecular weight excluding hydrogens is 315 g/mol. The van der Waals surface area contributed by atoms with Crippen LogP contribution >= 0.6 is 23.2 Å². The molecule has 7 heteroatoms. The molecule has 1 aromatic rings. The van der Waals surface area contributed by atoms with Crippen molar-refractivity contribution in [2.24, 2.45) is 0 Å². The normalized spacial score (nSPS) is 19.2. The van der Waals surface area contributed by atoms with E-state index < -0.39 is 6.04 Å². The van der Waals surface area contributed by atoms with E-state index in [4.69, 9.17) is 27.9 Å². The van der Waals surface area contributed by atoms with E-state index in [1.165, 1.54) is 0 Å². The van der Waals surface area contributed by atoms with Crippen LogP contribution in [0.4, 0.5) is 5.69 Å². The maximum atomic E-state index is 12.1. The lowest BCUT2D eigenvalue weighted by molar-refractivity contribution is -0.158. The van der Waals surface area contributed by atoms with Gasteiger partial charge in [-0.15, -0.1) is 0 Å². The van der Waals surface area contributed by atoms with Crippen molar-refractivity contribution in [3.8, 4) is 0 Å². The predicted octanol–water partition coefficient (Wildman–Crippen LogP) is 2.57. The van der Waals surface area contributed by atoms with E-state index in [1.807, 2.05) is 11.8 Å². The van der Waals surface area contributed by atoms with Crippen LogP contribution < -0.4 is 5.32 Å². The van der Waals surface area contributed by atoms with Gasteiger partial charge in [0.1, 0.15) is 12.6 Å². The highest BCUT2D eigenvalue weighted by Gasteiger charge is 2.32. The number of esters is 1. The second-order valence-electron chi connectivity index (χ2n) is 4.69. The van der Waals surface area contributed by atoms with Gasteiger partial charge in [-0.05, 0) is 24.7 Å². The molecule has 1 amide bonds. The maximum Gasteiger partial charge on any atom is 0.323 e. The predicted molar refractivity (Wildman–Crippen MR) is 81.7 cm³/mol. The number of anilines is 1. The van der Waals surface area contributed by atoms with Crippen LogP contribution in [0.2, 0.25) is 10.0 Å². The third kappa shape index (κ3) is 4.09. The van der Waals surface area contributed by atoms with Gasteiger partial charge >= 0.3 is 5.97 Å². The molecule has 0 unspecified atom stereocenters. The summed E-state index contributed by atoms with van der Waals surface area (Å²) in [4.78, 5) is 25.8. The molecular formula is C14H16Cl2N2O3. The van der Waals surface area contributed by atoms with Gasteiger partial charge in [0.05, 0.1) is 17.1 Å². The van der Waals surface area contributed by atoms with Crippen molar-refractivity contribution in [3.05, 3.63) is 28.2 Å². The minimum absolute atomic E-state index is 0.0233. The van der Waals surface area contributed by atoms with Crippen LogP contribution in [0.5, 0.6) is 0 Å². The van der Waals surface area contributed by atoms with Crippen molar-refractivity contribution in [2.75, 3.05) is 25.0 Å². The largest absolute Gasteiger partial charge is 0.463 e. The molecule has 1 atom stereocenters. The summed E-state index contributed by atoms with van der Waals surface area (Å²) in [5.41, 5.74) is 0.432. The van der Waals surface area contributed by atoms with Gasteiger partial charge in [0.2, 0.25) is 5.91 Å². The third-order valence-corrected chi connectivity index (χ3v) is 3.89. The van der Waals surface area contributed by atoms with Crippen LogP contribution in [0.25, 0.3) is 0 Å². The first kappa shape index (κ1) is 16.1. The van der Waals surface area contributed by atoms with Crippen molar-refractivity contribution in [1.82, 2.24) is 4.90 Å². The van der Waals surface area contributed by atoms with Crippen molar-refractivity contribution in [2.45, 2.75) is 19.4 Å². The molecule has 1 saturated heterocycles. The molecule has 2 rings (SSSR count). The summed E-state index contributed by atoms with van der Waals surface area (Å²) in [6.45, 7) is 3.63. The molecule has 1 aromatic carbocycles. The molecule has 114 valence electrons. The van der Waals surface area contributed by atoms with Crippen LogP contribution in [-0.2, 0) is 14.3 Å². The molecule has 1 heterocycles. The van der Waals surface area contributed by atoms with Gasteiger partial charge in [-0.2, -0.15) is 0 Å². The van der Waals surface area contributed by atoms with Crippen LogP contribution in [-0.4, -0.2) is 42.5 Å². The second-order valence-corrected chi connectivity index (χ2v) is 5.53. The first-order valence-corrected chi connectivity index (χ1v) is 7.42. The number of carbonyl (C=O) groups excluding carboxylic acids is 2. The number of morpholine rings is 1. The zero-order chi connectivity index (χ0) is 15.4. The lowest BCUT2D eigenvalue weighted by Crippen LogP contribution is -2.50. The number of hydrogen-bond acceptors (Lipinski definition) is 4. The Morgan fingerprint density at radius 3 is 2.95 bits per heavy atom. The minimum Gasteiger partial charge on any atom is -0.463 e. The van der Waals surface area contributed by atoms with Gasteiger partial charge in [0, 0.05) is 11.6 Å². The lowest BCUT2D eigenvalue weighted by atomic mass is 10.1. The third-order valence-electron chi connectivity index (χ3n) is 3.32. The number of nitrogens with zero attached hydrogens (tertiary/aromatic N) is 1. The van der Waals surface area contributed by atoms with E-state index in [0.717, 1.165) is 0 Å². The summed E-state index contributed by atoms with van der Waals surface area (Å²) in [6, 6.07) is 4.25. The quantitative estimate of drug-likeness (QED) is 0.862. The summed E-state index contributed by atoms with van der Waals surface area (Å²) in [5.74, 6) is -0.670. The molecule has 0 bridgehead atoms. The molecule has 1 fully saturated rings. The van der Waals surface area contributed by atoms with Crippen molar-refractivity contribution in [1.29, 1.82) is 0 Å². The number of carbonyl (C=O) groups is 2. The first-order valence-electron chi connectivity index (χ1n) is 6.67. The second kappa shape index (κ2) is 7.11. The maximum absolute atomic E-state index is 12.1. The topological polar surface area (TPSA) is 58.6 Å². The molecule has 1 N–H and O–H groups in total. The number of benzene rings is 1.